The second kappa shape index (κ2) is 6.17. The van der Waals surface area contributed by atoms with Crippen LogP contribution in [0.3, 0.4) is 0 Å². The van der Waals surface area contributed by atoms with Crippen molar-refractivity contribution >= 4 is 11.3 Å². The SMILES string of the molecule is Cc1cccc(C)c1OCCc1nc(C)c(CN)s1. The van der Waals surface area contributed by atoms with Crippen LogP contribution in [0.15, 0.2) is 18.2 Å². The first-order valence-corrected chi connectivity index (χ1v) is 7.27. The van der Waals surface area contributed by atoms with Crippen LogP contribution in [0.5, 0.6) is 5.75 Å². The van der Waals surface area contributed by atoms with Crippen molar-refractivity contribution in [1.29, 1.82) is 0 Å². The van der Waals surface area contributed by atoms with Gasteiger partial charge >= 0.3 is 0 Å². The highest BCUT2D eigenvalue weighted by Crippen LogP contribution is 2.23. The Morgan fingerprint density at radius 3 is 2.47 bits per heavy atom. The number of aryl methyl sites for hydroxylation is 3. The summed E-state index contributed by atoms with van der Waals surface area (Å²) in [4.78, 5) is 5.68. The quantitative estimate of drug-likeness (QED) is 0.912. The predicted molar refractivity (Wildman–Crippen MR) is 79.9 cm³/mol. The molecule has 0 atom stereocenters. The fourth-order valence-electron chi connectivity index (χ4n) is 2.05. The van der Waals surface area contributed by atoms with E-state index in [0.29, 0.717) is 13.2 Å². The fraction of sp³-hybridized carbons (Fsp3) is 0.400. The molecule has 3 nitrogen and oxygen atoms in total. The van der Waals surface area contributed by atoms with E-state index in [2.05, 4.69) is 37.0 Å². The number of nitrogens with two attached hydrogens (primary N) is 1. The van der Waals surface area contributed by atoms with Crippen LogP contribution in [0.4, 0.5) is 0 Å². The molecule has 0 saturated heterocycles. The van der Waals surface area contributed by atoms with Gasteiger partial charge in [0.15, 0.2) is 0 Å². The number of para-hydroxylation sites is 1. The molecule has 2 rings (SSSR count). The van der Waals surface area contributed by atoms with E-state index in [9.17, 15) is 0 Å². The van der Waals surface area contributed by atoms with Crippen molar-refractivity contribution in [3.05, 3.63) is 44.9 Å². The lowest BCUT2D eigenvalue weighted by molar-refractivity contribution is 0.317. The topological polar surface area (TPSA) is 48.1 Å². The molecule has 1 heterocycles. The summed E-state index contributed by atoms with van der Waals surface area (Å²) in [6, 6.07) is 6.19. The lowest BCUT2D eigenvalue weighted by atomic mass is 10.1. The number of hydrogen-bond donors (Lipinski definition) is 1. The minimum Gasteiger partial charge on any atom is -0.493 e. The molecule has 2 aromatic rings. The van der Waals surface area contributed by atoms with Gasteiger partial charge in [0.05, 0.1) is 17.3 Å². The first-order valence-electron chi connectivity index (χ1n) is 6.46. The fourth-order valence-corrected chi connectivity index (χ4v) is 2.98. The molecule has 1 aromatic heterocycles. The minimum atomic E-state index is 0.571. The maximum Gasteiger partial charge on any atom is 0.125 e. The Morgan fingerprint density at radius 1 is 1.21 bits per heavy atom. The molecule has 1 aromatic carbocycles. The van der Waals surface area contributed by atoms with E-state index in [-0.39, 0.29) is 0 Å². The highest BCUT2D eigenvalue weighted by Gasteiger charge is 2.07. The molecule has 0 aliphatic rings. The van der Waals surface area contributed by atoms with Gasteiger partial charge in [0.25, 0.3) is 0 Å². The standard InChI is InChI=1S/C15H20N2OS/c1-10-5-4-6-11(2)15(10)18-8-7-14-17-12(3)13(9-16)19-14/h4-6H,7-9,16H2,1-3H3. The van der Waals surface area contributed by atoms with Crippen LogP contribution < -0.4 is 10.5 Å². The first kappa shape index (κ1) is 14.0. The molecule has 102 valence electrons. The zero-order valence-electron chi connectivity index (χ0n) is 11.7. The smallest absolute Gasteiger partial charge is 0.125 e. The summed E-state index contributed by atoms with van der Waals surface area (Å²) in [6.45, 7) is 7.38. The zero-order chi connectivity index (χ0) is 13.8. The van der Waals surface area contributed by atoms with Crippen molar-refractivity contribution in [2.24, 2.45) is 5.73 Å². The second-order valence-corrected chi connectivity index (χ2v) is 5.81. The van der Waals surface area contributed by atoms with Crippen molar-refractivity contribution in [2.45, 2.75) is 33.7 Å². The van der Waals surface area contributed by atoms with Crippen LogP contribution in [0.25, 0.3) is 0 Å². The van der Waals surface area contributed by atoms with E-state index in [0.717, 1.165) is 22.9 Å². The summed E-state index contributed by atoms with van der Waals surface area (Å²) in [5.74, 6) is 0.995. The third-order valence-electron chi connectivity index (χ3n) is 3.09. The third kappa shape index (κ3) is 3.33. The molecule has 0 spiro atoms. The van der Waals surface area contributed by atoms with E-state index < -0.39 is 0 Å². The normalized spacial score (nSPS) is 10.7. The van der Waals surface area contributed by atoms with E-state index in [1.165, 1.54) is 16.0 Å². The van der Waals surface area contributed by atoms with Crippen LogP contribution >= 0.6 is 11.3 Å². The van der Waals surface area contributed by atoms with Gasteiger partial charge in [-0.3, -0.25) is 0 Å². The van der Waals surface area contributed by atoms with Crippen LogP contribution in [-0.2, 0) is 13.0 Å². The van der Waals surface area contributed by atoms with Gasteiger partial charge in [-0.25, -0.2) is 4.98 Å². The summed E-state index contributed by atoms with van der Waals surface area (Å²) >= 11 is 1.69. The van der Waals surface area contributed by atoms with Crippen LogP contribution in [0.2, 0.25) is 0 Å². The van der Waals surface area contributed by atoms with Crippen molar-refractivity contribution in [3.8, 4) is 5.75 Å². The summed E-state index contributed by atoms with van der Waals surface area (Å²) in [6.07, 6.45) is 0.833. The molecule has 0 unspecified atom stereocenters. The Bertz CT molecular complexity index is 543. The van der Waals surface area contributed by atoms with E-state index >= 15 is 0 Å². The van der Waals surface area contributed by atoms with Crippen molar-refractivity contribution < 1.29 is 4.74 Å². The van der Waals surface area contributed by atoms with Gasteiger partial charge in [-0.15, -0.1) is 11.3 Å². The third-order valence-corrected chi connectivity index (χ3v) is 4.33. The van der Waals surface area contributed by atoms with Gasteiger partial charge in [-0.05, 0) is 31.9 Å². The summed E-state index contributed by atoms with van der Waals surface area (Å²) in [5, 5.41) is 1.10. The molecule has 0 saturated carbocycles. The van der Waals surface area contributed by atoms with Crippen LogP contribution in [-0.4, -0.2) is 11.6 Å². The maximum absolute atomic E-state index is 5.89. The molecule has 2 N–H and O–H groups in total. The molecule has 0 aliphatic heterocycles. The Morgan fingerprint density at radius 2 is 1.89 bits per heavy atom. The summed E-state index contributed by atoms with van der Waals surface area (Å²) in [7, 11) is 0. The molecule has 19 heavy (non-hydrogen) atoms. The Labute approximate surface area is 118 Å². The minimum absolute atomic E-state index is 0.571. The maximum atomic E-state index is 5.89. The van der Waals surface area contributed by atoms with Gasteiger partial charge in [-0.1, -0.05) is 18.2 Å². The highest BCUT2D eigenvalue weighted by molar-refractivity contribution is 7.11. The predicted octanol–water partition coefficient (Wildman–Crippen LogP) is 3.15. The summed E-state index contributed by atoms with van der Waals surface area (Å²) < 4.78 is 5.89. The Kier molecular flexibility index (Phi) is 4.56. The number of ether oxygens (including phenoxy) is 1. The number of hydrogen-bond acceptors (Lipinski definition) is 4. The van der Waals surface area contributed by atoms with Gasteiger partial charge in [0.2, 0.25) is 0 Å². The van der Waals surface area contributed by atoms with E-state index in [4.69, 9.17) is 10.5 Å². The lowest BCUT2D eigenvalue weighted by Crippen LogP contribution is -2.03. The molecular formula is C15H20N2OS. The first-order chi connectivity index (χ1) is 9.11. The lowest BCUT2D eigenvalue weighted by Gasteiger charge is -2.10. The Hall–Kier alpha value is -1.39. The van der Waals surface area contributed by atoms with Gasteiger partial charge in [0.1, 0.15) is 5.75 Å². The van der Waals surface area contributed by atoms with Gasteiger partial charge in [0, 0.05) is 17.8 Å². The molecule has 4 heteroatoms. The monoisotopic (exact) mass is 276 g/mol. The molecular weight excluding hydrogens is 256 g/mol. The van der Waals surface area contributed by atoms with Crippen molar-refractivity contribution in [3.63, 3.8) is 0 Å². The van der Waals surface area contributed by atoms with Gasteiger partial charge in [-0.2, -0.15) is 0 Å². The molecule has 0 bridgehead atoms. The van der Waals surface area contributed by atoms with Crippen molar-refractivity contribution in [2.75, 3.05) is 6.61 Å². The number of thiazole rings is 1. The largest absolute Gasteiger partial charge is 0.493 e. The van der Waals surface area contributed by atoms with Gasteiger partial charge < -0.3 is 10.5 Å². The number of rotatable bonds is 5. The number of benzene rings is 1. The van der Waals surface area contributed by atoms with Crippen LogP contribution in [0.1, 0.15) is 26.7 Å². The average molecular weight is 276 g/mol. The zero-order valence-corrected chi connectivity index (χ0v) is 12.5. The molecule has 0 radical (unpaired) electrons. The van der Waals surface area contributed by atoms with E-state index in [1.54, 1.807) is 11.3 Å². The average Bonchev–Trinajstić information content (AvgIpc) is 2.73. The van der Waals surface area contributed by atoms with E-state index in [1.807, 2.05) is 6.92 Å². The Balaban J connectivity index is 1.96. The molecule has 0 aliphatic carbocycles. The van der Waals surface area contributed by atoms with Crippen molar-refractivity contribution in [1.82, 2.24) is 4.98 Å². The number of aromatic nitrogens is 1. The highest BCUT2D eigenvalue weighted by atomic mass is 32.1. The summed E-state index contributed by atoms with van der Waals surface area (Å²) in [5.41, 5.74) is 9.07. The number of nitrogens with zero attached hydrogens (tertiary/aromatic N) is 1. The molecule has 0 amide bonds. The second-order valence-electron chi connectivity index (χ2n) is 4.64. The molecule has 0 fully saturated rings. The van der Waals surface area contributed by atoms with Crippen LogP contribution in [0, 0.1) is 20.8 Å².